The van der Waals surface area contributed by atoms with Crippen molar-refractivity contribution in [1.82, 2.24) is 5.32 Å². The summed E-state index contributed by atoms with van der Waals surface area (Å²) in [7, 11) is 0. The largest absolute Gasteiger partial charge is 0.494 e. The van der Waals surface area contributed by atoms with Crippen LogP contribution in [0, 0.1) is 12.3 Å². The molecule has 4 nitrogen and oxygen atoms in total. The molecular formula is C16H21NO3. The Bertz CT molecular complexity index is 465. The average molecular weight is 275 g/mol. The molecule has 1 N–H and O–H groups in total. The number of ether oxygens (including phenoxy) is 2. The number of nitrogens with one attached hydrogen (secondary N) is 1. The number of carbonyl (C=O) groups is 1. The van der Waals surface area contributed by atoms with E-state index in [4.69, 9.17) is 15.9 Å². The topological polar surface area (TPSA) is 47.6 Å². The maximum absolute atomic E-state index is 12.0. The number of esters is 1. The van der Waals surface area contributed by atoms with Crippen LogP contribution in [-0.4, -0.2) is 25.7 Å². The van der Waals surface area contributed by atoms with E-state index in [-0.39, 0.29) is 5.97 Å². The van der Waals surface area contributed by atoms with Crippen LogP contribution >= 0.6 is 0 Å². The number of hydrogen-bond donors (Lipinski definition) is 1. The summed E-state index contributed by atoms with van der Waals surface area (Å²) < 4.78 is 10.6. The lowest BCUT2D eigenvalue weighted by Crippen LogP contribution is -2.30. The first-order chi connectivity index (χ1) is 9.72. The van der Waals surface area contributed by atoms with Crippen molar-refractivity contribution in [2.45, 2.75) is 26.3 Å². The van der Waals surface area contributed by atoms with Crippen molar-refractivity contribution in [3.63, 3.8) is 0 Å². The first kappa shape index (κ1) is 16.1. The molecule has 4 heteroatoms. The van der Waals surface area contributed by atoms with Crippen LogP contribution in [0.4, 0.5) is 0 Å². The lowest BCUT2D eigenvalue weighted by atomic mass is 10.1. The van der Waals surface area contributed by atoms with Crippen molar-refractivity contribution >= 4 is 5.97 Å². The molecular weight excluding hydrogens is 254 g/mol. The molecule has 108 valence electrons. The fourth-order valence-corrected chi connectivity index (χ4v) is 1.73. The fraction of sp³-hybridized carbons (Fsp3) is 0.438. The van der Waals surface area contributed by atoms with Gasteiger partial charge in [0, 0.05) is 0 Å². The van der Waals surface area contributed by atoms with Crippen LogP contribution in [0.1, 0.15) is 31.9 Å². The molecule has 0 aliphatic carbocycles. The third kappa shape index (κ3) is 4.94. The van der Waals surface area contributed by atoms with Crippen LogP contribution in [0.25, 0.3) is 0 Å². The zero-order valence-electron chi connectivity index (χ0n) is 12.0. The quantitative estimate of drug-likeness (QED) is 0.584. The highest BCUT2D eigenvalue weighted by Crippen LogP contribution is 2.20. The first-order valence-electron chi connectivity index (χ1n) is 6.79. The third-order valence-electron chi connectivity index (χ3n) is 2.59. The lowest BCUT2D eigenvalue weighted by Gasteiger charge is -2.17. The van der Waals surface area contributed by atoms with E-state index in [0.717, 1.165) is 17.7 Å². The van der Waals surface area contributed by atoms with E-state index in [1.54, 1.807) is 6.92 Å². The molecule has 0 bridgehead atoms. The van der Waals surface area contributed by atoms with Gasteiger partial charge in [-0.15, -0.1) is 6.42 Å². The van der Waals surface area contributed by atoms with Gasteiger partial charge in [0.25, 0.3) is 0 Å². The minimum atomic E-state index is -0.573. The van der Waals surface area contributed by atoms with Gasteiger partial charge >= 0.3 is 5.97 Å². The van der Waals surface area contributed by atoms with Crippen LogP contribution in [0.15, 0.2) is 24.3 Å². The van der Waals surface area contributed by atoms with Gasteiger partial charge in [0.05, 0.1) is 19.8 Å². The van der Waals surface area contributed by atoms with Crippen LogP contribution in [-0.2, 0) is 9.53 Å². The highest BCUT2D eigenvalue weighted by molar-refractivity contribution is 5.77. The summed E-state index contributed by atoms with van der Waals surface area (Å²) in [6, 6.07) is 6.83. The lowest BCUT2D eigenvalue weighted by molar-refractivity contribution is -0.145. The van der Waals surface area contributed by atoms with Gasteiger partial charge in [0.1, 0.15) is 11.8 Å². The van der Waals surface area contributed by atoms with Crippen molar-refractivity contribution in [3.8, 4) is 18.1 Å². The summed E-state index contributed by atoms with van der Waals surface area (Å²) >= 11 is 0. The van der Waals surface area contributed by atoms with Gasteiger partial charge in [0.15, 0.2) is 0 Å². The molecule has 0 aromatic heterocycles. The van der Waals surface area contributed by atoms with E-state index in [1.807, 2.05) is 31.2 Å². The van der Waals surface area contributed by atoms with E-state index >= 15 is 0 Å². The molecule has 1 rings (SSSR count). The van der Waals surface area contributed by atoms with Gasteiger partial charge in [-0.25, -0.2) is 4.79 Å². The fourth-order valence-electron chi connectivity index (χ4n) is 1.73. The molecule has 1 atom stereocenters. The highest BCUT2D eigenvalue weighted by atomic mass is 16.5. The smallest absolute Gasteiger partial charge is 0.327 e. The summed E-state index contributed by atoms with van der Waals surface area (Å²) in [6.07, 6.45) is 6.17. The molecule has 0 fully saturated rings. The SMILES string of the molecule is C#CCNC(C(=O)OCC)c1cccc(OCCC)c1. The summed E-state index contributed by atoms with van der Waals surface area (Å²) in [6.45, 7) is 5.09. The summed E-state index contributed by atoms with van der Waals surface area (Å²) in [5, 5.41) is 2.99. The zero-order chi connectivity index (χ0) is 14.8. The molecule has 1 aromatic rings. The molecule has 0 aliphatic heterocycles. The van der Waals surface area contributed by atoms with Crippen molar-refractivity contribution < 1.29 is 14.3 Å². The number of benzene rings is 1. The van der Waals surface area contributed by atoms with Gasteiger partial charge in [-0.05, 0) is 31.0 Å². The Morgan fingerprint density at radius 1 is 1.45 bits per heavy atom. The van der Waals surface area contributed by atoms with Crippen LogP contribution in [0.2, 0.25) is 0 Å². The van der Waals surface area contributed by atoms with Crippen molar-refractivity contribution in [2.24, 2.45) is 0 Å². The second-order valence-corrected chi connectivity index (χ2v) is 4.19. The molecule has 20 heavy (non-hydrogen) atoms. The Morgan fingerprint density at radius 3 is 2.90 bits per heavy atom. The highest BCUT2D eigenvalue weighted by Gasteiger charge is 2.21. The van der Waals surface area contributed by atoms with Crippen molar-refractivity contribution in [3.05, 3.63) is 29.8 Å². The maximum atomic E-state index is 12.0. The summed E-state index contributed by atoms with van der Waals surface area (Å²) in [4.78, 5) is 12.0. The normalized spacial score (nSPS) is 11.4. The van der Waals surface area contributed by atoms with Gasteiger partial charge in [-0.3, -0.25) is 5.32 Å². The first-order valence-corrected chi connectivity index (χ1v) is 6.79. The van der Waals surface area contributed by atoms with Gasteiger partial charge < -0.3 is 9.47 Å². The van der Waals surface area contributed by atoms with E-state index in [9.17, 15) is 4.79 Å². The summed E-state index contributed by atoms with van der Waals surface area (Å²) in [5.41, 5.74) is 0.785. The second-order valence-electron chi connectivity index (χ2n) is 4.19. The predicted octanol–water partition coefficient (Wildman–Crippen LogP) is 2.30. The molecule has 0 spiro atoms. The average Bonchev–Trinajstić information content (AvgIpc) is 2.46. The minimum Gasteiger partial charge on any atom is -0.494 e. The predicted molar refractivity (Wildman–Crippen MR) is 78.4 cm³/mol. The molecule has 1 aromatic carbocycles. The molecule has 1 unspecified atom stereocenters. The van der Waals surface area contributed by atoms with E-state index < -0.39 is 6.04 Å². The van der Waals surface area contributed by atoms with E-state index in [2.05, 4.69) is 11.2 Å². The summed E-state index contributed by atoms with van der Waals surface area (Å²) in [5.74, 6) is 2.86. The second kappa shape index (κ2) is 9.00. The Balaban J connectivity index is 2.88. The molecule has 0 heterocycles. The molecule has 0 aliphatic rings. The maximum Gasteiger partial charge on any atom is 0.327 e. The number of terminal acetylenes is 1. The van der Waals surface area contributed by atoms with Crippen molar-refractivity contribution in [2.75, 3.05) is 19.8 Å². The zero-order valence-corrected chi connectivity index (χ0v) is 12.0. The Hall–Kier alpha value is -1.99. The molecule has 0 radical (unpaired) electrons. The Labute approximate surface area is 120 Å². The number of rotatable bonds is 8. The van der Waals surface area contributed by atoms with Crippen LogP contribution < -0.4 is 10.1 Å². The Kier molecular flexibility index (Phi) is 7.23. The third-order valence-corrected chi connectivity index (χ3v) is 2.59. The van der Waals surface area contributed by atoms with E-state index in [1.165, 1.54) is 0 Å². The minimum absolute atomic E-state index is 0.295. The van der Waals surface area contributed by atoms with Gasteiger partial charge in [0.2, 0.25) is 0 Å². The van der Waals surface area contributed by atoms with Gasteiger partial charge in [-0.1, -0.05) is 25.0 Å². The van der Waals surface area contributed by atoms with Gasteiger partial charge in [-0.2, -0.15) is 0 Å². The Morgan fingerprint density at radius 2 is 2.25 bits per heavy atom. The standard InChI is InChI=1S/C16H21NO3/c1-4-10-17-15(16(18)19-6-3)13-8-7-9-14(12-13)20-11-5-2/h1,7-9,12,15,17H,5-6,10-11H2,2-3H3. The monoisotopic (exact) mass is 275 g/mol. The van der Waals surface area contributed by atoms with Crippen molar-refractivity contribution in [1.29, 1.82) is 0 Å². The van der Waals surface area contributed by atoms with Crippen LogP contribution in [0.5, 0.6) is 5.75 Å². The number of carbonyl (C=O) groups excluding carboxylic acids is 1. The van der Waals surface area contributed by atoms with E-state index in [0.29, 0.717) is 19.8 Å². The molecule has 0 saturated carbocycles. The number of hydrogen-bond acceptors (Lipinski definition) is 4. The molecule has 0 amide bonds. The van der Waals surface area contributed by atoms with Crippen LogP contribution in [0.3, 0.4) is 0 Å². The molecule has 0 saturated heterocycles.